The number of halogens is 1. The molecule has 1 rings (SSSR count). The number of amides is 1. The maximum atomic E-state index is 11.8. The summed E-state index contributed by atoms with van der Waals surface area (Å²) in [7, 11) is 0. The maximum absolute atomic E-state index is 11.8. The fourth-order valence-electron chi connectivity index (χ4n) is 1.63. The van der Waals surface area contributed by atoms with E-state index >= 15 is 0 Å². The summed E-state index contributed by atoms with van der Waals surface area (Å²) in [5.74, 6) is 0.00533. The molecule has 4 heteroatoms. The number of nitrogens with zero attached hydrogens (tertiary/aromatic N) is 1. The Balaban J connectivity index is 0.00000256. The highest BCUT2D eigenvalue weighted by atomic mass is 35.5. The zero-order valence-electron chi connectivity index (χ0n) is 10.6. The number of carbonyl (C=O) groups is 1. The van der Waals surface area contributed by atoms with Gasteiger partial charge in [-0.15, -0.1) is 12.4 Å². The van der Waals surface area contributed by atoms with E-state index < -0.39 is 6.04 Å². The van der Waals surface area contributed by atoms with Crippen LogP contribution in [0.25, 0.3) is 0 Å². The van der Waals surface area contributed by atoms with Crippen molar-refractivity contribution in [2.75, 3.05) is 6.54 Å². The molecule has 1 aromatic carbocycles. The van der Waals surface area contributed by atoms with Gasteiger partial charge in [0.15, 0.2) is 0 Å². The minimum atomic E-state index is -0.427. The van der Waals surface area contributed by atoms with Crippen molar-refractivity contribution in [3.8, 4) is 0 Å². The van der Waals surface area contributed by atoms with Crippen molar-refractivity contribution in [1.82, 2.24) is 4.90 Å². The molecule has 0 unspecified atom stereocenters. The lowest BCUT2D eigenvalue weighted by molar-refractivity contribution is -0.132. The number of likely N-dealkylation sites (N-methyl/N-ethyl adjacent to an activating group) is 1. The molecule has 2 N–H and O–H groups in total. The molecule has 0 bridgehead atoms. The van der Waals surface area contributed by atoms with E-state index in [0.29, 0.717) is 13.1 Å². The normalized spacial score (nSPS) is 11.5. The van der Waals surface area contributed by atoms with Gasteiger partial charge in [0.1, 0.15) is 0 Å². The molecule has 0 spiro atoms. The minimum absolute atomic E-state index is 0. The third-order valence-corrected chi connectivity index (χ3v) is 2.71. The quantitative estimate of drug-likeness (QED) is 0.897. The van der Waals surface area contributed by atoms with Gasteiger partial charge < -0.3 is 10.6 Å². The Kier molecular flexibility index (Phi) is 6.85. The summed E-state index contributed by atoms with van der Waals surface area (Å²) in [6.07, 6.45) is 0. The predicted molar refractivity (Wildman–Crippen MR) is 73.2 cm³/mol. The number of benzene rings is 1. The van der Waals surface area contributed by atoms with Crippen LogP contribution in [0.1, 0.15) is 25.0 Å². The van der Waals surface area contributed by atoms with Gasteiger partial charge in [-0.1, -0.05) is 24.3 Å². The first kappa shape index (κ1) is 15.9. The molecule has 1 atom stereocenters. The third-order valence-electron chi connectivity index (χ3n) is 2.71. The summed E-state index contributed by atoms with van der Waals surface area (Å²) >= 11 is 0. The van der Waals surface area contributed by atoms with Crippen LogP contribution in [0, 0.1) is 6.92 Å². The minimum Gasteiger partial charge on any atom is -0.337 e. The monoisotopic (exact) mass is 256 g/mol. The van der Waals surface area contributed by atoms with Crippen molar-refractivity contribution in [3.05, 3.63) is 35.4 Å². The van der Waals surface area contributed by atoms with Crippen LogP contribution >= 0.6 is 12.4 Å². The van der Waals surface area contributed by atoms with Gasteiger partial charge in [0.05, 0.1) is 6.04 Å². The van der Waals surface area contributed by atoms with E-state index in [2.05, 4.69) is 13.0 Å². The van der Waals surface area contributed by atoms with Gasteiger partial charge in [-0.25, -0.2) is 0 Å². The molecule has 0 saturated carbocycles. The first-order valence-corrected chi connectivity index (χ1v) is 5.65. The molecule has 0 fully saturated rings. The number of hydrogen-bond acceptors (Lipinski definition) is 2. The Morgan fingerprint density at radius 1 is 1.41 bits per heavy atom. The smallest absolute Gasteiger partial charge is 0.239 e. The molecule has 96 valence electrons. The van der Waals surface area contributed by atoms with Crippen molar-refractivity contribution in [3.63, 3.8) is 0 Å². The average molecular weight is 257 g/mol. The van der Waals surface area contributed by atoms with Crippen LogP contribution in [0.3, 0.4) is 0 Å². The van der Waals surface area contributed by atoms with Gasteiger partial charge >= 0.3 is 0 Å². The summed E-state index contributed by atoms with van der Waals surface area (Å²) in [4.78, 5) is 13.6. The van der Waals surface area contributed by atoms with Crippen LogP contribution in [-0.4, -0.2) is 23.4 Å². The highest BCUT2D eigenvalue weighted by molar-refractivity contribution is 5.85. The summed E-state index contributed by atoms with van der Waals surface area (Å²) in [5.41, 5.74) is 8.00. The summed E-state index contributed by atoms with van der Waals surface area (Å²) in [6, 6.07) is 7.67. The van der Waals surface area contributed by atoms with Crippen molar-refractivity contribution in [2.24, 2.45) is 5.73 Å². The van der Waals surface area contributed by atoms with Crippen molar-refractivity contribution in [1.29, 1.82) is 0 Å². The highest BCUT2D eigenvalue weighted by Gasteiger charge is 2.16. The summed E-state index contributed by atoms with van der Waals surface area (Å²) < 4.78 is 0. The number of hydrogen-bond donors (Lipinski definition) is 1. The number of aryl methyl sites for hydroxylation is 1. The first-order valence-electron chi connectivity index (χ1n) is 5.65. The molecule has 0 heterocycles. The molecular formula is C13H21ClN2O. The Labute approximate surface area is 109 Å². The van der Waals surface area contributed by atoms with E-state index in [4.69, 9.17) is 5.73 Å². The maximum Gasteiger partial charge on any atom is 0.239 e. The van der Waals surface area contributed by atoms with E-state index in [1.807, 2.05) is 25.1 Å². The Hall–Kier alpha value is -1.06. The zero-order valence-corrected chi connectivity index (χ0v) is 11.5. The topological polar surface area (TPSA) is 46.3 Å². The zero-order chi connectivity index (χ0) is 12.1. The van der Waals surface area contributed by atoms with E-state index in [1.54, 1.807) is 11.8 Å². The van der Waals surface area contributed by atoms with Gasteiger partial charge in [0.2, 0.25) is 5.91 Å². The van der Waals surface area contributed by atoms with Crippen molar-refractivity contribution < 1.29 is 4.79 Å². The molecule has 3 nitrogen and oxygen atoms in total. The highest BCUT2D eigenvalue weighted by Crippen LogP contribution is 2.10. The molecule has 0 aliphatic carbocycles. The largest absolute Gasteiger partial charge is 0.337 e. The van der Waals surface area contributed by atoms with E-state index in [9.17, 15) is 4.79 Å². The third kappa shape index (κ3) is 4.36. The average Bonchev–Trinajstić information content (AvgIpc) is 2.27. The fraction of sp³-hybridized carbons (Fsp3) is 0.462. The predicted octanol–water partition coefficient (Wildman–Crippen LogP) is 2.11. The first-order chi connectivity index (χ1) is 7.56. The molecule has 1 amide bonds. The van der Waals surface area contributed by atoms with Crippen LogP contribution in [0.2, 0.25) is 0 Å². The second-order valence-electron chi connectivity index (χ2n) is 4.07. The van der Waals surface area contributed by atoms with Crippen LogP contribution < -0.4 is 5.73 Å². The van der Waals surface area contributed by atoms with Crippen LogP contribution in [0.5, 0.6) is 0 Å². The van der Waals surface area contributed by atoms with Crippen molar-refractivity contribution >= 4 is 18.3 Å². The number of carbonyl (C=O) groups excluding carboxylic acids is 1. The van der Waals surface area contributed by atoms with Gasteiger partial charge in [-0.05, 0) is 31.9 Å². The van der Waals surface area contributed by atoms with E-state index in [1.165, 1.54) is 11.1 Å². The molecule has 0 aliphatic heterocycles. The molecule has 0 aromatic heterocycles. The second kappa shape index (κ2) is 7.30. The van der Waals surface area contributed by atoms with E-state index in [0.717, 1.165) is 0 Å². The number of nitrogens with two attached hydrogens (primary N) is 1. The van der Waals surface area contributed by atoms with Gasteiger partial charge in [-0.2, -0.15) is 0 Å². The lowest BCUT2D eigenvalue weighted by atomic mass is 10.1. The van der Waals surface area contributed by atoms with Gasteiger partial charge in [0.25, 0.3) is 0 Å². The summed E-state index contributed by atoms with van der Waals surface area (Å²) in [6.45, 7) is 7.08. The molecule has 0 saturated heterocycles. The van der Waals surface area contributed by atoms with Crippen LogP contribution in [0.4, 0.5) is 0 Å². The molecule has 0 aliphatic rings. The SMILES string of the molecule is CCN(Cc1ccccc1C)C(=O)[C@@H](C)N.Cl. The lowest BCUT2D eigenvalue weighted by Crippen LogP contribution is -2.41. The molecule has 1 aromatic rings. The van der Waals surface area contributed by atoms with Crippen LogP contribution in [0.15, 0.2) is 24.3 Å². The van der Waals surface area contributed by atoms with Crippen LogP contribution in [-0.2, 0) is 11.3 Å². The molecule has 0 radical (unpaired) electrons. The standard InChI is InChI=1S/C13H20N2O.ClH/c1-4-15(13(16)11(3)14)9-12-8-6-5-7-10(12)2;/h5-8,11H,4,9,14H2,1-3H3;1H/t11-;/m1./s1. The number of rotatable bonds is 4. The van der Waals surface area contributed by atoms with Gasteiger partial charge in [0, 0.05) is 13.1 Å². The van der Waals surface area contributed by atoms with E-state index in [-0.39, 0.29) is 18.3 Å². The van der Waals surface area contributed by atoms with Gasteiger partial charge in [-0.3, -0.25) is 4.79 Å². The molecular weight excluding hydrogens is 236 g/mol. The van der Waals surface area contributed by atoms with Crippen molar-refractivity contribution in [2.45, 2.75) is 33.4 Å². The Morgan fingerprint density at radius 3 is 2.47 bits per heavy atom. The fourth-order valence-corrected chi connectivity index (χ4v) is 1.63. The lowest BCUT2D eigenvalue weighted by Gasteiger charge is -2.23. The Bertz CT molecular complexity index is 366. The Morgan fingerprint density at radius 2 is 2.00 bits per heavy atom. The molecule has 17 heavy (non-hydrogen) atoms. The second-order valence-corrected chi connectivity index (χ2v) is 4.07. The summed E-state index contributed by atoms with van der Waals surface area (Å²) in [5, 5.41) is 0.